The molecule has 1 aromatic carbocycles. The number of carbonyl (C=O) groups is 2. The van der Waals surface area contributed by atoms with Crippen LogP contribution in [0.15, 0.2) is 71.8 Å². The highest BCUT2D eigenvalue weighted by atomic mass is 16.3. The number of furan rings is 1. The highest BCUT2D eigenvalue weighted by Gasteiger charge is 2.25. The Morgan fingerprint density at radius 3 is 2.30 bits per heavy atom. The van der Waals surface area contributed by atoms with Gasteiger partial charge in [0.2, 0.25) is 0 Å². The third kappa shape index (κ3) is 3.79. The second-order valence-electron chi connectivity index (χ2n) is 6.69. The van der Waals surface area contributed by atoms with Gasteiger partial charge < -0.3 is 19.2 Å². The maximum absolute atomic E-state index is 12.5. The SMILES string of the molecule is O=C(NC1CCN(C(=O)c2ccoc2)CC1)c1ccc(-n2cccc2)cc1. The minimum Gasteiger partial charge on any atom is -0.472 e. The first-order chi connectivity index (χ1) is 13.2. The Hall–Kier alpha value is -3.28. The number of amides is 2. The summed E-state index contributed by atoms with van der Waals surface area (Å²) in [5.41, 5.74) is 2.23. The van der Waals surface area contributed by atoms with Gasteiger partial charge in [0.25, 0.3) is 11.8 Å². The monoisotopic (exact) mass is 363 g/mol. The molecule has 0 radical (unpaired) electrons. The molecule has 1 saturated heterocycles. The van der Waals surface area contributed by atoms with E-state index in [0.29, 0.717) is 24.2 Å². The molecule has 0 bridgehead atoms. The van der Waals surface area contributed by atoms with Crippen LogP contribution in [0.1, 0.15) is 33.6 Å². The number of likely N-dealkylation sites (tertiary alicyclic amines) is 1. The molecule has 1 N–H and O–H groups in total. The normalized spacial score (nSPS) is 14.9. The van der Waals surface area contributed by atoms with Crippen LogP contribution in [0.4, 0.5) is 0 Å². The van der Waals surface area contributed by atoms with Gasteiger partial charge in [-0.15, -0.1) is 0 Å². The van der Waals surface area contributed by atoms with Gasteiger partial charge in [0.05, 0.1) is 11.8 Å². The summed E-state index contributed by atoms with van der Waals surface area (Å²) in [6.07, 6.45) is 8.39. The molecule has 0 unspecified atom stereocenters. The third-order valence-electron chi connectivity index (χ3n) is 4.92. The molecule has 6 nitrogen and oxygen atoms in total. The number of carbonyl (C=O) groups excluding carboxylic acids is 2. The van der Waals surface area contributed by atoms with Crippen molar-refractivity contribution < 1.29 is 14.0 Å². The van der Waals surface area contributed by atoms with Crippen molar-refractivity contribution in [3.05, 3.63) is 78.5 Å². The highest BCUT2D eigenvalue weighted by molar-refractivity contribution is 5.95. The van der Waals surface area contributed by atoms with Gasteiger partial charge in [-0.2, -0.15) is 0 Å². The van der Waals surface area contributed by atoms with E-state index in [2.05, 4.69) is 5.32 Å². The molecule has 0 spiro atoms. The van der Waals surface area contributed by atoms with E-state index >= 15 is 0 Å². The van der Waals surface area contributed by atoms with Crippen LogP contribution in [-0.2, 0) is 0 Å². The predicted molar refractivity (Wildman–Crippen MR) is 101 cm³/mol. The standard InChI is InChI=1S/C21H21N3O3/c25-20(16-3-5-19(6-4-16)23-10-1-2-11-23)22-18-7-12-24(13-8-18)21(26)17-9-14-27-15-17/h1-6,9-11,14-15,18H,7-8,12-13H2,(H,22,25). The van der Waals surface area contributed by atoms with E-state index in [4.69, 9.17) is 4.42 Å². The Labute approximate surface area is 157 Å². The molecular weight excluding hydrogens is 342 g/mol. The van der Waals surface area contributed by atoms with Crippen LogP contribution >= 0.6 is 0 Å². The van der Waals surface area contributed by atoms with Crippen LogP contribution in [0, 0.1) is 0 Å². The Morgan fingerprint density at radius 2 is 1.67 bits per heavy atom. The average Bonchev–Trinajstić information content (AvgIpc) is 3.42. The van der Waals surface area contributed by atoms with E-state index in [-0.39, 0.29) is 17.9 Å². The van der Waals surface area contributed by atoms with Gasteiger partial charge >= 0.3 is 0 Å². The second kappa shape index (κ2) is 7.53. The molecule has 0 atom stereocenters. The van der Waals surface area contributed by atoms with Crippen molar-refractivity contribution in [3.8, 4) is 5.69 Å². The summed E-state index contributed by atoms with van der Waals surface area (Å²) in [7, 11) is 0. The van der Waals surface area contributed by atoms with Crippen molar-refractivity contribution in [1.82, 2.24) is 14.8 Å². The molecule has 1 fully saturated rings. The zero-order chi connectivity index (χ0) is 18.6. The van der Waals surface area contributed by atoms with Crippen LogP contribution in [0.2, 0.25) is 0 Å². The topological polar surface area (TPSA) is 67.5 Å². The van der Waals surface area contributed by atoms with E-state index in [1.807, 2.05) is 53.4 Å². The maximum atomic E-state index is 12.5. The number of rotatable bonds is 4. The van der Waals surface area contributed by atoms with Crippen LogP contribution in [0.25, 0.3) is 5.69 Å². The fourth-order valence-electron chi connectivity index (χ4n) is 3.36. The molecule has 6 heteroatoms. The summed E-state index contributed by atoms with van der Waals surface area (Å²) in [6.45, 7) is 1.25. The minimum absolute atomic E-state index is 0.0193. The van der Waals surface area contributed by atoms with Gasteiger partial charge in [0.15, 0.2) is 0 Å². The van der Waals surface area contributed by atoms with Gasteiger partial charge in [-0.05, 0) is 55.3 Å². The lowest BCUT2D eigenvalue weighted by molar-refractivity contribution is 0.0697. The van der Waals surface area contributed by atoms with E-state index in [1.165, 1.54) is 12.5 Å². The van der Waals surface area contributed by atoms with E-state index < -0.39 is 0 Å². The largest absolute Gasteiger partial charge is 0.472 e. The fraction of sp³-hybridized carbons (Fsp3) is 0.238. The Balaban J connectivity index is 1.31. The molecule has 138 valence electrons. The fourth-order valence-corrected chi connectivity index (χ4v) is 3.36. The van der Waals surface area contributed by atoms with Gasteiger partial charge in [-0.25, -0.2) is 0 Å². The van der Waals surface area contributed by atoms with Crippen LogP contribution in [-0.4, -0.2) is 40.4 Å². The lowest BCUT2D eigenvalue weighted by atomic mass is 10.0. The second-order valence-corrected chi connectivity index (χ2v) is 6.69. The Morgan fingerprint density at radius 1 is 0.963 bits per heavy atom. The number of hydrogen-bond donors (Lipinski definition) is 1. The summed E-state index contributed by atoms with van der Waals surface area (Å²) >= 11 is 0. The van der Waals surface area contributed by atoms with Gasteiger partial charge in [-0.3, -0.25) is 9.59 Å². The quantitative estimate of drug-likeness (QED) is 0.774. The molecule has 3 aromatic rings. The van der Waals surface area contributed by atoms with Crippen molar-refractivity contribution in [1.29, 1.82) is 0 Å². The first-order valence-electron chi connectivity index (χ1n) is 9.06. The number of piperidine rings is 1. The smallest absolute Gasteiger partial charge is 0.257 e. The number of aromatic nitrogens is 1. The lowest BCUT2D eigenvalue weighted by Crippen LogP contribution is -2.46. The summed E-state index contributed by atoms with van der Waals surface area (Å²) in [5, 5.41) is 3.08. The number of hydrogen-bond acceptors (Lipinski definition) is 3. The van der Waals surface area contributed by atoms with Crippen molar-refractivity contribution in [3.63, 3.8) is 0 Å². The van der Waals surface area contributed by atoms with Crippen molar-refractivity contribution in [2.75, 3.05) is 13.1 Å². The lowest BCUT2D eigenvalue weighted by Gasteiger charge is -2.32. The first kappa shape index (κ1) is 17.1. The van der Waals surface area contributed by atoms with Crippen LogP contribution < -0.4 is 5.32 Å². The predicted octanol–water partition coefficient (Wildman–Crippen LogP) is 3.10. The minimum atomic E-state index is -0.0753. The molecule has 2 amide bonds. The Bertz CT molecular complexity index is 891. The number of nitrogens with zero attached hydrogens (tertiary/aromatic N) is 2. The summed E-state index contributed by atoms with van der Waals surface area (Å²) in [6, 6.07) is 13.2. The van der Waals surface area contributed by atoms with Crippen molar-refractivity contribution in [2.24, 2.45) is 0 Å². The Kier molecular flexibility index (Phi) is 4.78. The van der Waals surface area contributed by atoms with Gasteiger partial charge in [-0.1, -0.05) is 0 Å². The molecular formula is C21H21N3O3. The molecule has 4 rings (SSSR count). The summed E-state index contributed by atoms with van der Waals surface area (Å²) < 4.78 is 6.97. The third-order valence-corrected chi connectivity index (χ3v) is 4.92. The van der Waals surface area contributed by atoms with Crippen molar-refractivity contribution >= 4 is 11.8 Å². The molecule has 2 aromatic heterocycles. The molecule has 0 aliphatic carbocycles. The number of benzene rings is 1. The molecule has 1 aliphatic heterocycles. The average molecular weight is 363 g/mol. The molecule has 1 aliphatic rings. The highest BCUT2D eigenvalue weighted by Crippen LogP contribution is 2.16. The van der Waals surface area contributed by atoms with Crippen LogP contribution in [0.5, 0.6) is 0 Å². The molecule has 0 saturated carbocycles. The van der Waals surface area contributed by atoms with Crippen LogP contribution in [0.3, 0.4) is 0 Å². The van der Waals surface area contributed by atoms with E-state index in [0.717, 1.165) is 18.5 Å². The van der Waals surface area contributed by atoms with E-state index in [1.54, 1.807) is 11.0 Å². The zero-order valence-corrected chi connectivity index (χ0v) is 14.9. The van der Waals surface area contributed by atoms with Gasteiger partial charge in [0.1, 0.15) is 6.26 Å². The van der Waals surface area contributed by atoms with Gasteiger partial charge in [0, 0.05) is 42.8 Å². The molecule has 3 heterocycles. The van der Waals surface area contributed by atoms with Crippen molar-refractivity contribution in [2.45, 2.75) is 18.9 Å². The number of nitrogens with one attached hydrogen (secondary N) is 1. The summed E-state index contributed by atoms with van der Waals surface area (Å²) in [4.78, 5) is 26.6. The zero-order valence-electron chi connectivity index (χ0n) is 14.9. The first-order valence-corrected chi connectivity index (χ1v) is 9.06. The maximum Gasteiger partial charge on any atom is 0.257 e. The van der Waals surface area contributed by atoms with E-state index in [9.17, 15) is 9.59 Å². The summed E-state index contributed by atoms with van der Waals surface area (Å²) in [5.74, 6) is -0.0946. The molecule has 27 heavy (non-hydrogen) atoms.